The monoisotopic (exact) mass is 381 g/mol. The van der Waals surface area contributed by atoms with E-state index in [9.17, 15) is 22.1 Å². The minimum absolute atomic E-state index is 0.0317. The van der Waals surface area contributed by atoms with Crippen molar-refractivity contribution in [3.8, 4) is 6.07 Å². The fourth-order valence-electron chi connectivity index (χ4n) is 2.69. The minimum atomic E-state index is -4.15. The Morgan fingerprint density at radius 3 is 2.00 bits per heavy atom. The fraction of sp³-hybridized carbons (Fsp3) is 0.312. The first-order chi connectivity index (χ1) is 11.5. The smallest absolute Gasteiger partial charge is 0.246 e. The van der Waals surface area contributed by atoms with E-state index in [1.165, 1.54) is 0 Å². The van der Waals surface area contributed by atoms with Gasteiger partial charge in [-0.3, -0.25) is 0 Å². The van der Waals surface area contributed by atoms with Crippen LogP contribution in [-0.4, -0.2) is 33.9 Å². The quantitative estimate of drug-likeness (QED) is 0.785. The van der Waals surface area contributed by atoms with Gasteiger partial charge in [0.2, 0.25) is 20.0 Å². The van der Waals surface area contributed by atoms with Gasteiger partial charge in [0.25, 0.3) is 0 Å². The second-order valence-corrected chi connectivity index (χ2v) is 9.71. The van der Waals surface area contributed by atoms with E-state index in [1.807, 2.05) is 36.4 Å². The van der Waals surface area contributed by atoms with Gasteiger partial charge in [-0.05, 0) is 25.0 Å². The third kappa shape index (κ3) is 3.70. The molecule has 2 aromatic rings. The van der Waals surface area contributed by atoms with Crippen molar-refractivity contribution in [2.24, 2.45) is 0 Å². The molecule has 25 heavy (non-hydrogen) atoms. The van der Waals surface area contributed by atoms with Crippen LogP contribution in [0.15, 0.2) is 30.3 Å². The van der Waals surface area contributed by atoms with E-state index in [0.717, 1.165) is 18.1 Å². The van der Waals surface area contributed by atoms with Crippen LogP contribution < -0.4 is 3.71 Å². The molecule has 0 saturated carbocycles. The molecule has 0 bridgehead atoms. The van der Waals surface area contributed by atoms with Gasteiger partial charge in [-0.1, -0.05) is 30.3 Å². The van der Waals surface area contributed by atoms with Gasteiger partial charge in [-0.15, -0.1) is 3.71 Å². The van der Waals surface area contributed by atoms with Crippen molar-refractivity contribution in [1.29, 1.82) is 5.26 Å². The molecular formula is C16H19N3O4S2. The second kappa shape index (κ2) is 6.54. The molecule has 1 aromatic heterocycles. The molecule has 0 fully saturated rings. The number of hydrogen-bond donors (Lipinski definition) is 0. The van der Waals surface area contributed by atoms with Gasteiger partial charge < -0.3 is 4.57 Å². The van der Waals surface area contributed by atoms with Gasteiger partial charge in [0.05, 0.1) is 18.1 Å². The van der Waals surface area contributed by atoms with Crippen molar-refractivity contribution in [3.05, 3.63) is 52.7 Å². The molecule has 7 nitrogen and oxygen atoms in total. The van der Waals surface area contributed by atoms with E-state index in [-0.39, 0.29) is 17.9 Å². The predicted molar refractivity (Wildman–Crippen MR) is 96.3 cm³/mol. The Hall–Kier alpha value is -2.31. The van der Waals surface area contributed by atoms with Crippen molar-refractivity contribution in [1.82, 2.24) is 4.57 Å². The van der Waals surface area contributed by atoms with Crippen molar-refractivity contribution in [3.63, 3.8) is 0 Å². The zero-order valence-electron chi connectivity index (χ0n) is 14.4. The Labute approximate surface area is 148 Å². The van der Waals surface area contributed by atoms with Crippen molar-refractivity contribution >= 4 is 25.9 Å². The summed E-state index contributed by atoms with van der Waals surface area (Å²) in [5.74, 6) is -0.147. The SMILES string of the molecule is Cc1c(C#N)c(N(S(C)(=O)=O)S(C)(=O)=O)n(Cc2ccccc2)c1C. The van der Waals surface area contributed by atoms with E-state index >= 15 is 0 Å². The van der Waals surface area contributed by atoms with Crippen LogP contribution in [0.5, 0.6) is 0 Å². The van der Waals surface area contributed by atoms with E-state index in [0.29, 0.717) is 15.0 Å². The largest absolute Gasteiger partial charge is 0.325 e. The van der Waals surface area contributed by atoms with Gasteiger partial charge in [0.1, 0.15) is 6.07 Å². The number of hydrogen-bond acceptors (Lipinski definition) is 5. The first kappa shape index (κ1) is 19.0. The molecule has 0 aliphatic carbocycles. The van der Waals surface area contributed by atoms with E-state index in [4.69, 9.17) is 0 Å². The van der Waals surface area contributed by atoms with Gasteiger partial charge in [-0.2, -0.15) is 5.26 Å². The van der Waals surface area contributed by atoms with Crippen LogP contribution in [0, 0.1) is 25.2 Å². The molecule has 0 atom stereocenters. The van der Waals surface area contributed by atoms with Crippen molar-refractivity contribution in [2.45, 2.75) is 20.4 Å². The van der Waals surface area contributed by atoms with E-state index in [2.05, 4.69) is 0 Å². The van der Waals surface area contributed by atoms with Gasteiger partial charge in [0, 0.05) is 12.2 Å². The highest BCUT2D eigenvalue weighted by molar-refractivity contribution is 8.09. The highest BCUT2D eigenvalue weighted by Gasteiger charge is 2.34. The van der Waals surface area contributed by atoms with Gasteiger partial charge in [-0.25, -0.2) is 16.8 Å². The first-order valence-corrected chi connectivity index (χ1v) is 11.0. The molecule has 2 rings (SSSR count). The number of sulfonamides is 2. The summed E-state index contributed by atoms with van der Waals surface area (Å²) in [6.07, 6.45) is 1.61. The fourth-order valence-corrected chi connectivity index (χ4v) is 5.66. The zero-order chi connectivity index (χ0) is 19.0. The first-order valence-electron chi connectivity index (χ1n) is 7.32. The number of aromatic nitrogens is 1. The average molecular weight is 381 g/mol. The molecule has 1 heterocycles. The standard InChI is InChI=1S/C16H19N3O4S2/c1-12-13(2)18(11-14-8-6-5-7-9-14)16(15(12)10-17)19(24(3,20)21)25(4,22)23/h5-9H,11H2,1-4H3. The number of nitriles is 1. The molecule has 1 aromatic carbocycles. The number of rotatable bonds is 5. The Bertz CT molecular complexity index is 1020. The lowest BCUT2D eigenvalue weighted by Crippen LogP contribution is -2.37. The van der Waals surface area contributed by atoms with Crippen LogP contribution >= 0.6 is 0 Å². The van der Waals surface area contributed by atoms with E-state index in [1.54, 1.807) is 18.4 Å². The third-order valence-electron chi connectivity index (χ3n) is 3.87. The number of nitrogens with zero attached hydrogens (tertiary/aromatic N) is 3. The summed E-state index contributed by atoms with van der Waals surface area (Å²) in [6.45, 7) is 3.64. The molecule has 0 N–H and O–H groups in total. The number of benzene rings is 1. The maximum absolute atomic E-state index is 12.2. The summed E-state index contributed by atoms with van der Waals surface area (Å²) in [4.78, 5) is 0. The lowest BCUT2D eigenvalue weighted by molar-refractivity contribution is 0.588. The molecule has 0 spiro atoms. The lowest BCUT2D eigenvalue weighted by Gasteiger charge is -2.22. The highest BCUT2D eigenvalue weighted by Crippen LogP contribution is 2.33. The molecule has 0 unspecified atom stereocenters. The molecular weight excluding hydrogens is 362 g/mol. The Kier molecular flexibility index (Phi) is 4.97. The molecule has 0 amide bonds. The third-order valence-corrected chi connectivity index (χ3v) is 7.05. The molecule has 134 valence electrons. The Balaban J connectivity index is 2.84. The van der Waals surface area contributed by atoms with Crippen LogP contribution in [0.2, 0.25) is 0 Å². The van der Waals surface area contributed by atoms with Gasteiger partial charge >= 0.3 is 0 Å². The topological polar surface area (TPSA) is 100 Å². The van der Waals surface area contributed by atoms with Crippen LogP contribution in [0.25, 0.3) is 0 Å². The lowest BCUT2D eigenvalue weighted by atomic mass is 10.2. The maximum Gasteiger partial charge on any atom is 0.246 e. The van der Waals surface area contributed by atoms with Crippen LogP contribution in [0.4, 0.5) is 5.82 Å². The maximum atomic E-state index is 12.2. The minimum Gasteiger partial charge on any atom is -0.325 e. The molecule has 0 aliphatic heterocycles. The summed E-state index contributed by atoms with van der Waals surface area (Å²) >= 11 is 0. The molecule has 9 heteroatoms. The zero-order valence-corrected chi connectivity index (χ0v) is 16.0. The summed E-state index contributed by atoms with van der Waals surface area (Å²) in [6, 6.07) is 11.1. The summed E-state index contributed by atoms with van der Waals surface area (Å²) in [7, 11) is -8.31. The number of anilines is 1. The Morgan fingerprint density at radius 1 is 1.04 bits per heavy atom. The van der Waals surface area contributed by atoms with Crippen LogP contribution in [0.1, 0.15) is 22.4 Å². The molecule has 0 radical (unpaired) electrons. The van der Waals surface area contributed by atoms with Crippen LogP contribution in [0.3, 0.4) is 0 Å². The predicted octanol–water partition coefficient (Wildman–Crippen LogP) is 1.75. The summed E-state index contributed by atoms with van der Waals surface area (Å²) < 4.78 is 50.7. The molecule has 0 aliphatic rings. The summed E-state index contributed by atoms with van der Waals surface area (Å²) in [5.41, 5.74) is 2.07. The van der Waals surface area contributed by atoms with Crippen molar-refractivity contribution < 1.29 is 16.8 Å². The summed E-state index contributed by atoms with van der Waals surface area (Å²) in [5, 5.41) is 9.50. The second-order valence-electron chi connectivity index (χ2n) is 5.82. The highest BCUT2D eigenvalue weighted by atomic mass is 32.3. The van der Waals surface area contributed by atoms with E-state index < -0.39 is 20.0 Å². The van der Waals surface area contributed by atoms with Crippen LogP contribution in [-0.2, 0) is 26.6 Å². The normalized spacial score (nSPS) is 12.0. The van der Waals surface area contributed by atoms with Gasteiger partial charge in [0.15, 0.2) is 5.82 Å². The average Bonchev–Trinajstić information content (AvgIpc) is 2.70. The Morgan fingerprint density at radius 2 is 1.56 bits per heavy atom. The van der Waals surface area contributed by atoms with Crippen molar-refractivity contribution in [2.75, 3.05) is 16.2 Å². The molecule has 0 saturated heterocycles.